The van der Waals surface area contributed by atoms with E-state index in [2.05, 4.69) is 5.16 Å². The van der Waals surface area contributed by atoms with E-state index in [0.717, 1.165) is 5.56 Å². The molecule has 112 valence electrons. The van der Waals surface area contributed by atoms with Crippen molar-refractivity contribution in [3.8, 4) is 0 Å². The highest BCUT2D eigenvalue weighted by Gasteiger charge is 2.23. The van der Waals surface area contributed by atoms with Gasteiger partial charge >= 0.3 is 5.97 Å². The minimum Gasteiger partial charge on any atom is -0.465 e. The lowest BCUT2D eigenvalue weighted by Gasteiger charge is -2.25. The molecule has 0 radical (unpaired) electrons. The Morgan fingerprint density at radius 3 is 2.45 bits per heavy atom. The summed E-state index contributed by atoms with van der Waals surface area (Å²) in [7, 11) is 0. The van der Waals surface area contributed by atoms with Crippen molar-refractivity contribution in [2.45, 2.75) is 47.1 Å². The maximum atomic E-state index is 12.3. The summed E-state index contributed by atoms with van der Waals surface area (Å²) >= 11 is 0. The number of ether oxygens (including phenoxy) is 1. The Labute approximate surface area is 119 Å². The van der Waals surface area contributed by atoms with Gasteiger partial charge in [-0.25, -0.2) is 0 Å². The van der Waals surface area contributed by atoms with Crippen LogP contribution in [0.2, 0.25) is 0 Å². The number of rotatable bonds is 6. The number of hydrogen-bond acceptors (Lipinski definition) is 5. The number of carbonyl (C=O) groups is 2. The van der Waals surface area contributed by atoms with Crippen molar-refractivity contribution in [1.82, 2.24) is 10.1 Å². The fourth-order valence-electron chi connectivity index (χ4n) is 1.91. The van der Waals surface area contributed by atoms with Crippen LogP contribution in [0.4, 0.5) is 0 Å². The molecule has 1 aromatic rings. The number of carbonyl (C=O) groups excluding carboxylic acids is 2. The molecular formula is C14H22N2O4. The first kappa shape index (κ1) is 16.2. The Morgan fingerprint density at radius 1 is 1.35 bits per heavy atom. The van der Waals surface area contributed by atoms with Gasteiger partial charge in [0.2, 0.25) is 5.91 Å². The van der Waals surface area contributed by atoms with Gasteiger partial charge in [-0.15, -0.1) is 0 Å². The summed E-state index contributed by atoms with van der Waals surface area (Å²) in [6, 6.07) is -0.0765. The highest BCUT2D eigenvalue weighted by atomic mass is 16.5. The Bertz CT molecular complexity index is 460. The summed E-state index contributed by atoms with van der Waals surface area (Å²) in [4.78, 5) is 25.4. The molecule has 0 aromatic carbocycles. The monoisotopic (exact) mass is 282 g/mol. The maximum absolute atomic E-state index is 12.3. The summed E-state index contributed by atoms with van der Waals surface area (Å²) in [5.41, 5.74) is 1.49. The predicted octanol–water partition coefficient (Wildman–Crippen LogP) is 1.63. The molecule has 1 aromatic heterocycles. The highest BCUT2D eigenvalue weighted by Crippen LogP contribution is 2.15. The second-order valence-corrected chi connectivity index (χ2v) is 4.90. The molecule has 0 spiro atoms. The third kappa shape index (κ3) is 4.08. The van der Waals surface area contributed by atoms with E-state index >= 15 is 0 Å². The van der Waals surface area contributed by atoms with E-state index in [9.17, 15) is 9.59 Å². The smallest absolute Gasteiger partial charge is 0.325 e. The van der Waals surface area contributed by atoms with Crippen LogP contribution in [0.1, 0.15) is 37.8 Å². The van der Waals surface area contributed by atoms with Crippen LogP contribution < -0.4 is 0 Å². The van der Waals surface area contributed by atoms with E-state index in [0.29, 0.717) is 18.1 Å². The van der Waals surface area contributed by atoms with Crippen LogP contribution >= 0.6 is 0 Å². The van der Waals surface area contributed by atoms with Crippen molar-refractivity contribution in [2.75, 3.05) is 13.2 Å². The van der Waals surface area contributed by atoms with Crippen LogP contribution in [0.3, 0.4) is 0 Å². The van der Waals surface area contributed by atoms with Gasteiger partial charge in [-0.1, -0.05) is 5.16 Å². The molecule has 0 aliphatic heterocycles. The summed E-state index contributed by atoms with van der Waals surface area (Å²) in [5.74, 6) is 0.103. The van der Waals surface area contributed by atoms with Crippen molar-refractivity contribution in [1.29, 1.82) is 0 Å². The minimum atomic E-state index is -0.395. The highest BCUT2D eigenvalue weighted by molar-refractivity contribution is 5.84. The molecule has 0 saturated carbocycles. The molecule has 0 bridgehead atoms. The van der Waals surface area contributed by atoms with E-state index in [1.165, 1.54) is 4.90 Å². The second-order valence-electron chi connectivity index (χ2n) is 4.90. The van der Waals surface area contributed by atoms with E-state index < -0.39 is 5.97 Å². The quantitative estimate of drug-likeness (QED) is 0.742. The zero-order valence-corrected chi connectivity index (χ0v) is 12.7. The lowest BCUT2D eigenvalue weighted by atomic mass is 10.1. The Kier molecular flexibility index (Phi) is 5.73. The molecule has 0 N–H and O–H groups in total. The van der Waals surface area contributed by atoms with Crippen LogP contribution in [0.5, 0.6) is 0 Å². The molecule has 0 atom stereocenters. The van der Waals surface area contributed by atoms with Gasteiger partial charge in [0.05, 0.1) is 18.7 Å². The number of hydrogen-bond donors (Lipinski definition) is 0. The Morgan fingerprint density at radius 2 is 2.00 bits per heavy atom. The van der Waals surface area contributed by atoms with Crippen LogP contribution in [0.25, 0.3) is 0 Å². The summed E-state index contributed by atoms with van der Waals surface area (Å²) in [5, 5.41) is 3.83. The van der Waals surface area contributed by atoms with Crippen molar-refractivity contribution in [2.24, 2.45) is 0 Å². The molecule has 20 heavy (non-hydrogen) atoms. The molecule has 6 nitrogen and oxygen atoms in total. The molecule has 0 saturated heterocycles. The number of nitrogens with zero attached hydrogens (tertiary/aromatic N) is 2. The standard InChI is InChI=1S/C14H22N2O4/c1-6-19-14(18)8-16(9(2)3)13(17)7-12-10(4)15-20-11(12)5/h9H,6-8H2,1-5H3. The first-order chi connectivity index (χ1) is 9.36. The lowest BCUT2D eigenvalue weighted by molar-refractivity contribution is -0.149. The number of aromatic nitrogens is 1. The SMILES string of the molecule is CCOC(=O)CN(C(=O)Cc1c(C)noc1C)C(C)C. The minimum absolute atomic E-state index is 0.0340. The third-order valence-corrected chi connectivity index (χ3v) is 3.06. The van der Waals surface area contributed by atoms with Gasteiger partial charge in [-0.05, 0) is 34.6 Å². The van der Waals surface area contributed by atoms with Gasteiger partial charge in [-0.3, -0.25) is 9.59 Å². The predicted molar refractivity (Wildman–Crippen MR) is 73.2 cm³/mol. The van der Waals surface area contributed by atoms with Gasteiger partial charge in [0, 0.05) is 11.6 Å². The molecule has 0 fully saturated rings. The molecular weight excluding hydrogens is 260 g/mol. The van der Waals surface area contributed by atoms with Gasteiger partial charge in [0.25, 0.3) is 0 Å². The van der Waals surface area contributed by atoms with Crippen LogP contribution in [-0.2, 0) is 20.7 Å². The Hall–Kier alpha value is -1.85. The molecule has 0 unspecified atom stereocenters. The van der Waals surface area contributed by atoms with Crippen molar-refractivity contribution in [3.05, 3.63) is 17.0 Å². The topological polar surface area (TPSA) is 72.6 Å². The number of amides is 1. The molecule has 1 amide bonds. The zero-order valence-electron chi connectivity index (χ0n) is 12.7. The maximum Gasteiger partial charge on any atom is 0.325 e. The fraction of sp³-hybridized carbons (Fsp3) is 0.643. The van der Waals surface area contributed by atoms with Crippen LogP contribution in [0.15, 0.2) is 4.52 Å². The molecule has 0 aliphatic rings. The van der Waals surface area contributed by atoms with Gasteiger partial charge in [0.15, 0.2) is 0 Å². The van der Waals surface area contributed by atoms with E-state index in [4.69, 9.17) is 9.26 Å². The second kappa shape index (κ2) is 7.07. The fourth-order valence-corrected chi connectivity index (χ4v) is 1.91. The first-order valence-electron chi connectivity index (χ1n) is 6.73. The zero-order chi connectivity index (χ0) is 15.3. The van der Waals surface area contributed by atoms with Crippen molar-refractivity contribution >= 4 is 11.9 Å². The van der Waals surface area contributed by atoms with Crippen LogP contribution in [0, 0.1) is 13.8 Å². The van der Waals surface area contributed by atoms with Gasteiger partial charge < -0.3 is 14.2 Å². The molecule has 0 aliphatic carbocycles. The summed E-state index contributed by atoms with van der Waals surface area (Å²) in [6.45, 7) is 9.31. The van der Waals surface area contributed by atoms with Crippen molar-refractivity contribution < 1.29 is 18.8 Å². The van der Waals surface area contributed by atoms with Gasteiger partial charge in [-0.2, -0.15) is 0 Å². The largest absolute Gasteiger partial charge is 0.465 e. The summed E-state index contributed by atoms with van der Waals surface area (Å²) < 4.78 is 9.94. The normalized spacial score (nSPS) is 10.7. The van der Waals surface area contributed by atoms with E-state index in [1.54, 1.807) is 20.8 Å². The number of aryl methyl sites for hydroxylation is 2. The van der Waals surface area contributed by atoms with E-state index in [-0.39, 0.29) is 24.9 Å². The third-order valence-electron chi connectivity index (χ3n) is 3.06. The average molecular weight is 282 g/mol. The molecule has 1 rings (SSSR count). The molecule has 6 heteroatoms. The average Bonchev–Trinajstić information content (AvgIpc) is 2.67. The van der Waals surface area contributed by atoms with E-state index in [1.807, 2.05) is 13.8 Å². The Balaban J connectivity index is 2.77. The van der Waals surface area contributed by atoms with Gasteiger partial charge in [0.1, 0.15) is 12.3 Å². The first-order valence-corrected chi connectivity index (χ1v) is 6.73. The number of esters is 1. The lowest BCUT2D eigenvalue weighted by Crippen LogP contribution is -2.42. The van der Waals surface area contributed by atoms with Crippen molar-refractivity contribution in [3.63, 3.8) is 0 Å². The summed E-state index contributed by atoms with van der Waals surface area (Å²) in [6.07, 6.45) is 0.179. The van der Waals surface area contributed by atoms with Crippen LogP contribution in [-0.4, -0.2) is 41.1 Å². The molecule has 1 heterocycles.